The van der Waals surface area contributed by atoms with E-state index in [9.17, 15) is 4.79 Å². The van der Waals surface area contributed by atoms with E-state index in [1.807, 2.05) is 0 Å². The molecule has 3 atom stereocenters. The summed E-state index contributed by atoms with van der Waals surface area (Å²) in [7, 11) is 0. The zero-order valence-electron chi connectivity index (χ0n) is 11.5. The molecule has 3 unspecified atom stereocenters. The fourth-order valence-electron chi connectivity index (χ4n) is 3.45. The van der Waals surface area contributed by atoms with Crippen LogP contribution in [0.3, 0.4) is 0 Å². The van der Waals surface area contributed by atoms with Gasteiger partial charge in [0.15, 0.2) is 0 Å². The molecule has 1 amide bonds. The molecule has 3 nitrogen and oxygen atoms in total. The summed E-state index contributed by atoms with van der Waals surface area (Å²) < 4.78 is 0. The first kappa shape index (κ1) is 12.9. The van der Waals surface area contributed by atoms with Crippen molar-refractivity contribution in [2.75, 3.05) is 26.2 Å². The predicted molar refractivity (Wildman–Crippen MR) is 69.7 cm³/mol. The topological polar surface area (TPSA) is 32.3 Å². The van der Waals surface area contributed by atoms with Gasteiger partial charge in [0.2, 0.25) is 5.91 Å². The van der Waals surface area contributed by atoms with Crippen molar-refractivity contribution in [3.63, 3.8) is 0 Å². The Balaban J connectivity index is 2.03. The summed E-state index contributed by atoms with van der Waals surface area (Å²) in [6.07, 6.45) is 3.43. The fourth-order valence-corrected chi connectivity index (χ4v) is 3.45. The van der Waals surface area contributed by atoms with Gasteiger partial charge in [-0.3, -0.25) is 4.79 Å². The molecular formula is C14H26N2O. The van der Waals surface area contributed by atoms with Gasteiger partial charge in [0.25, 0.3) is 0 Å². The number of amides is 1. The minimum Gasteiger partial charge on any atom is -0.342 e. The van der Waals surface area contributed by atoms with Gasteiger partial charge in [0.05, 0.1) is 5.41 Å². The highest BCUT2D eigenvalue weighted by atomic mass is 16.2. The number of piperidine rings is 2. The maximum atomic E-state index is 12.7. The van der Waals surface area contributed by atoms with Crippen LogP contribution in [0.2, 0.25) is 0 Å². The van der Waals surface area contributed by atoms with Crippen molar-refractivity contribution >= 4 is 5.91 Å². The molecule has 2 aliphatic heterocycles. The molecule has 0 radical (unpaired) electrons. The van der Waals surface area contributed by atoms with Gasteiger partial charge in [0, 0.05) is 19.6 Å². The number of likely N-dealkylation sites (tertiary alicyclic amines) is 1. The summed E-state index contributed by atoms with van der Waals surface area (Å²) in [6, 6.07) is 0. The number of nitrogens with zero attached hydrogens (tertiary/aromatic N) is 1. The molecule has 0 spiro atoms. The SMILES string of the molecule is CC1CC(C)CN(C(=O)C2(C)CCCNC2)C1. The van der Waals surface area contributed by atoms with E-state index in [1.54, 1.807) is 0 Å². The highest BCUT2D eigenvalue weighted by Crippen LogP contribution is 2.31. The first-order chi connectivity index (χ1) is 8.01. The summed E-state index contributed by atoms with van der Waals surface area (Å²) in [5.74, 6) is 1.69. The monoisotopic (exact) mass is 238 g/mol. The average Bonchev–Trinajstić information content (AvgIpc) is 2.27. The summed E-state index contributed by atoms with van der Waals surface area (Å²) in [5, 5.41) is 3.37. The Hall–Kier alpha value is -0.570. The normalized spacial score (nSPS) is 39.1. The van der Waals surface area contributed by atoms with Crippen LogP contribution in [-0.4, -0.2) is 37.0 Å². The number of hydrogen-bond donors (Lipinski definition) is 1. The van der Waals surface area contributed by atoms with Crippen molar-refractivity contribution in [3.8, 4) is 0 Å². The molecule has 0 aromatic carbocycles. The van der Waals surface area contributed by atoms with Gasteiger partial charge in [-0.05, 0) is 44.6 Å². The van der Waals surface area contributed by atoms with Crippen LogP contribution in [0, 0.1) is 17.3 Å². The zero-order valence-corrected chi connectivity index (χ0v) is 11.5. The molecule has 0 aliphatic carbocycles. The Bertz CT molecular complexity index is 274. The molecule has 2 saturated heterocycles. The van der Waals surface area contributed by atoms with Crippen molar-refractivity contribution in [2.24, 2.45) is 17.3 Å². The Morgan fingerprint density at radius 3 is 2.47 bits per heavy atom. The lowest BCUT2D eigenvalue weighted by Gasteiger charge is -2.42. The molecule has 1 N–H and O–H groups in total. The van der Waals surface area contributed by atoms with Crippen molar-refractivity contribution in [3.05, 3.63) is 0 Å². The second-order valence-corrected chi connectivity index (χ2v) is 6.50. The highest BCUT2D eigenvalue weighted by Gasteiger charge is 2.39. The van der Waals surface area contributed by atoms with Crippen molar-refractivity contribution in [1.29, 1.82) is 0 Å². The van der Waals surface area contributed by atoms with Crippen molar-refractivity contribution < 1.29 is 4.79 Å². The summed E-state index contributed by atoms with van der Waals surface area (Å²) >= 11 is 0. The molecule has 2 rings (SSSR count). The average molecular weight is 238 g/mol. The molecule has 2 heterocycles. The third kappa shape index (κ3) is 2.82. The Labute approximate surface area is 105 Å². The largest absolute Gasteiger partial charge is 0.342 e. The van der Waals surface area contributed by atoms with Gasteiger partial charge < -0.3 is 10.2 Å². The Kier molecular flexibility index (Phi) is 3.76. The summed E-state index contributed by atoms with van der Waals surface area (Å²) in [5.41, 5.74) is -0.158. The van der Waals surface area contributed by atoms with Gasteiger partial charge >= 0.3 is 0 Å². The number of carbonyl (C=O) groups is 1. The molecule has 0 saturated carbocycles. The molecule has 0 aromatic rings. The maximum Gasteiger partial charge on any atom is 0.229 e. The molecule has 0 bridgehead atoms. The van der Waals surface area contributed by atoms with E-state index in [4.69, 9.17) is 0 Å². The predicted octanol–water partition coefficient (Wildman–Crippen LogP) is 1.88. The molecule has 0 aromatic heterocycles. The van der Waals surface area contributed by atoms with Crippen LogP contribution in [0.1, 0.15) is 40.0 Å². The number of carbonyl (C=O) groups excluding carboxylic acids is 1. The van der Waals surface area contributed by atoms with E-state index in [0.29, 0.717) is 17.7 Å². The molecule has 3 heteroatoms. The number of rotatable bonds is 1. The van der Waals surface area contributed by atoms with Crippen molar-refractivity contribution in [2.45, 2.75) is 40.0 Å². The van der Waals surface area contributed by atoms with Crippen molar-refractivity contribution in [1.82, 2.24) is 10.2 Å². The Morgan fingerprint density at radius 1 is 1.29 bits per heavy atom. The fraction of sp³-hybridized carbons (Fsp3) is 0.929. The summed E-state index contributed by atoms with van der Waals surface area (Å²) in [4.78, 5) is 14.8. The summed E-state index contributed by atoms with van der Waals surface area (Å²) in [6.45, 7) is 10.5. The lowest BCUT2D eigenvalue weighted by molar-refractivity contribution is -0.145. The second kappa shape index (κ2) is 4.97. The molecule has 2 aliphatic rings. The minimum absolute atomic E-state index is 0.158. The Morgan fingerprint density at radius 2 is 1.94 bits per heavy atom. The van der Waals surface area contributed by atoms with Crippen LogP contribution < -0.4 is 5.32 Å². The second-order valence-electron chi connectivity index (χ2n) is 6.50. The van der Waals surface area contributed by atoms with E-state index in [0.717, 1.165) is 39.0 Å². The van der Waals surface area contributed by atoms with Gasteiger partial charge in [0.1, 0.15) is 0 Å². The maximum absolute atomic E-state index is 12.7. The number of nitrogens with one attached hydrogen (secondary N) is 1. The van der Waals surface area contributed by atoms with Crippen LogP contribution >= 0.6 is 0 Å². The molecule has 2 fully saturated rings. The highest BCUT2D eigenvalue weighted by molar-refractivity contribution is 5.82. The first-order valence-corrected chi connectivity index (χ1v) is 7.01. The van der Waals surface area contributed by atoms with E-state index >= 15 is 0 Å². The minimum atomic E-state index is -0.158. The number of hydrogen-bond acceptors (Lipinski definition) is 2. The van der Waals surface area contributed by atoms with Crippen LogP contribution in [0.4, 0.5) is 0 Å². The quantitative estimate of drug-likeness (QED) is 0.756. The zero-order chi connectivity index (χ0) is 12.5. The lowest BCUT2D eigenvalue weighted by atomic mass is 9.80. The van der Waals surface area contributed by atoms with Crippen LogP contribution in [0.25, 0.3) is 0 Å². The molecule has 17 heavy (non-hydrogen) atoms. The van der Waals surface area contributed by atoms with Crippen LogP contribution in [-0.2, 0) is 4.79 Å². The van der Waals surface area contributed by atoms with E-state index < -0.39 is 0 Å². The van der Waals surface area contributed by atoms with Gasteiger partial charge in [-0.1, -0.05) is 13.8 Å². The third-order valence-corrected chi connectivity index (χ3v) is 4.27. The smallest absolute Gasteiger partial charge is 0.229 e. The molecule has 98 valence electrons. The third-order valence-electron chi connectivity index (χ3n) is 4.27. The van der Waals surface area contributed by atoms with E-state index in [-0.39, 0.29) is 5.41 Å². The van der Waals surface area contributed by atoms with Gasteiger partial charge in [-0.25, -0.2) is 0 Å². The first-order valence-electron chi connectivity index (χ1n) is 7.01. The van der Waals surface area contributed by atoms with Crippen LogP contribution in [0.15, 0.2) is 0 Å². The van der Waals surface area contributed by atoms with Crippen LogP contribution in [0.5, 0.6) is 0 Å². The standard InChI is InChI=1S/C14H26N2O/c1-11-7-12(2)9-16(8-11)13(17)14(3)5-4-6-15-10-14/h11-12,15H,4-10H2,1-3H3. The lowest BCUT2D eigenvalue weighted by Crippen LogP contribution is -2.53. The molecular weight excluding hydrogens is 212 g/mol. The van der Waals surface area contributed by atoms with Gasteiger partial charge in [-0.2, -0.15) is 0 Å². The van der Waals surface area contributed by atoms with E-state index in [1.165, 1.54) is 6.42 Å². The van der Waals surface area contributed by atoms with E-state index in [2.05, 4.69) is 31.0 Å². The van der Waals surface area contributed by atoms with Gasteiger partial charge in [-0.15, -0.1) is 0 Å².